The van der Waals surface area contributed by atoms with Gasteiger partial charge in [0.1, 0.15) is 5.82 Å². The minimum Gasteiger partial charge on any atom is -0.379 e. The molecule has 0 fully saturated rings. The number of aliphatic imine (C=N–C) groups is 1. The number of hydrogen-bond acceptors (Lipinski definition) is 2. The molecule has 0 unspecified atom stereocenters. The summed E-state index contributed by atoms with van der Waals surface area (Å²) in [6.45, 7) is 4.03. The van der Waals surface area contributed by atoms with Crippen LogP contribution in [-0.4, -0.2) is 11.2 Å². The van der Waals surface area contributed by atoms with Crippen molar-refractivity contribution in [3.8, 4) is 0 Å². The smallest absolute Gasteiger partial charge is 0.154 e. The van der Waals surface area contributed by atoms with E-state index in [1.807, 2.05) is 13.8 Å². The van der Waals surface area contributed by atoms with Crippen LogP contribution in [0.1, 0.15) is 25.8 Å². The Bertz CT molecular complexity index is 389. The summed E-state index contributed by atoms with van der Waals surface area (Å²) in [5, 5.41) is 0.896. The van der Waals surface area contributed by atoms with Crippen LogP contribution in [0.15, 0.2) is 23.2 Å². The number of rotatable bonds is 4. The van der Waals surface area contributed by atoms with Gasteiger partial charge in [0.25, 0.3) is 0 Å². The zero-order valence-electron chi connectivity index (χ0n) is 9.91. The molecule has 0 aliphatic carbocycles. The van der Waals surface area contributed by atoms with Crippen LogP contribution >= 0.6 is 23.4 Å². The topological polar surface area (TPSA) is 38.4 Å². The summed E-state index contributed by atoms with van der Waals surface area (Å²) >= 11 is 7.22. The van der Waals surface area contributed by atoms with Crippen molar-refractivity contribution in [2.75, 3.05) is 0 Å². The number of amidine groups is 1. The van der Waals surface area contributed by atoms with Gasteiger partial charge in [0.05, 0.1) is 0 Å². The van der Waals surface area contributed by atoms with Gasteiger partial charge in [-0.3, -0.25) is 4.99 Å². The van der Waals surface area contributed by atoms with E-state index in [0.717, 1.165) is 6.42 Å². The molecule has 0 aromatic heterocycles. The maximum atomic E-state index is 13.5. The lowest BCUT2D eigenvalue weighted by Gasteiger charge is -2.07. The maximum Gasteiger partial charge on any atom is 0.154 e. The first-order chi connectivity index (χ1) is 8.04. The fourth-order valence-electron chi connectivity index (χ4n) is 1.16. The SMILES string of the molecule is CC[C@H](C)N=C(N)SCc1c(F)cccc1Cl. The third kappa shape index (κ3) is 4.56. The average molecular weight is 275 g/mol. The predicted octanol–water partition coefficient (Wildman–Crippen LogP) is 3.83. The molecule has 1 rings (SSSR count). The zero-order chi connectivity index (χ0) is 12.8. The second-order valence-electron chi connectivity index (χ2n) is 3.71. The predicted molar refractivity (Wildman–Crippen MR) is 74.1 cm³/mol. The van der Waals surface area contributed by atoms with E-state index in [4.69, 9.17) is 17.3 Å². The Kier molecular flexibility index (Phi) is 5.78. The van der Waals surface area contributed by atoms with Gasteiger partial charge >= 0.3 is 0 Å². The van der Waals surface area contributed by atoms with E-state index >= 15 is 0 Å². The Hall–Kier alpha value is -0.740. The standard InChI is InChI=1S/C12H16ClFN2S/c1-3-8(2)16-12(15)17-7-9-10(13)5-4-6-11(9)14/h4-6,8H,3,7H2,1-2H3,(H2,15,16)/t8-/m0/s1. The van der Waals surface area contributed by atoms with Crippen molar-refractivity contribution >= 4 is 28.5 Å². The molecule has 0 aliphatic rings. The van der Waals surface area contributed by atoms with E-state index in [0.29, 0.717) is 21.5 Å². The first-order valence-electron chi connectivity index (χ1n) is 5.43. The van der Waals surface area contributed by atoms with E-state index in [1.54, 1.807) is 12.1 Å². The van der Waals surface area contributed by atoms with Crippen LogP contribution in [0.2, 0.25) is 5.02 Å². The lowest BCUT2D eigenvalue weighted by molar-refractivity contribution is 0.617. The first-order valence-corrected chi connectivity index (χ1v) is 6.80. The van der Waals surface area contributed by atoms with Crippen LogP contribution < -0.4 is 5.73 Å². The van der Waals surface area contributed by atoms with Crippen molar-refractivity contribution in [1.29, 1.82) is 0 Å². The largest absolute Gasteiger partial charge is 0.379 e. The Morgan fingerprint density at radius 3 is 2.88 bits per heavy atom. The second-order valence-corrected chi connectivity index (χ2v) is 5.12. The summed E-state index contributed by atoms with van der Waals surface area (Å²) in [7, 11) is 0. The normalized spacial score (nSPS) is 13.8. The number of hydrogen-bond donors (Lipinski definition) is 1. The zero-order valence-corrected chi connectivity index (χ0v) is 11.5. The van der Waals surface area contributed by atoms with E-state index in [9.17, 15) is 4.39 Å². The van der Waals surface area contributed by atoms with Crippen LogP contribution in [0.25, 0.3) is 0 Å². The van der Waals surface area contributed by atoms with Crippen LogP contribution in [0, 0.1) is 5.82 Å². The lowest BCUT2D eigenvalue weighted by atomic mass is 10.2. The van der Waals surface area contributed by atoms with Crippen molar-refractivity contribution in [3.05, 3.63) is 34.6 Å². The van der Waals surface area contributed by atoms with Gasteiger partial charge in [0.15, 0.2) is 5.17 Å². The maximum absolute atomic E-state index is 13.5. The quantitative estimate of drug-likeness (QED) is 0.669. The molecular formula is C12H16ClFN2S. The Balaban J connectivity index is 2.65. The Morgan fingerprint density at radius 1 is 1.59 bits per heavy atom. The molecule has 17 heavy (non-hydrogen) atoms. The molecule has 0 aliphatic heterocycles. The van der Waals surface area contributed by atoms with Crippen LogP contribution in [0.5, 0.6) is 0 Å². The summed E-state index contributed by atoms with van der Waals surface area (Å²) in [4.78, 5) is 4.26. The molecule has 0 heterocycles. The highest BCUT2D eigenvalue weighted by molar-refractivity contribution is 8.13. The minimum absolute atomic E-state index is 0.193. The van der Waals surface area contributed by atoms with Crippen LogP contribution in [0.4, 0.5) is 4.39 Å². The summed E-state index contributed by atoms with van der Waals surface area (Å²) in [5.41, 5.74) is 6.22. The van der Waals surface area contributed by atoms with E-state index in [1.165, 1.54) is 17.8 Å². The minimum atomic E-state index is -0.304. The van der Waals surface area contributed by atoms with Gasteiger partial charge in [-0.1, -0.05) is 36.4 Å². The van der Waals surface area contributed by atoms with E-state index in [-0.39, 0.29) is 11.9 Å². The van der Waals surface area contributed by atoms with Crippen LogP contribution in [-0.2, 0) is 5.75 Å². The molecule has 2 N–H and O–H groups in total. The summed E-state index contributed by atoms with van der Waals surface area (Å²) < 4.78 is 13.5. The van der Waals surface area contributed by atoms with Crippen molar-refractivity contribution in [1.82, 2.24) is 0 Å². The first kappa shape index (κ1) is 14.3. The Labute approximate surface area is 110 Å². The molecule has 0 bridgehead atoms. The molecule has 0 radical (unpaired) electrons. The van der Waals surface area contributed by atoms with Crippen molar-refractivity contribution in [2.24, 2.45) is 10.7 Å². The average Bonchev–Trinajstić information content (AvgIpc) is 2.28. The van der Waals surface area contributed by atoms with Crippen LogP contribution in [0.3, 0.4) is 0 Å². The molecule has 0 amide bonds. The molecule has 0 saturated heterocycles. The highest BCUT2D eigenvalue weighted by atomic mass is 35.5. The fraction of sp³-hybridized carbons (Fsp3) is 0.417. The van der Waals surface area contributed by atoms with Crippen molar-refractivity contribution in [2.45, 2.75) is 32.1 Å². The molecule has 94 valence electrons. The fourth-order valence-corrected chi connectivity index (χ4v) is 2.31. The molecular weight excluding hydrogens is 259 g/mol. The molecule has 1 aromatic carbocycles. The van der Waals surface area contributed by atoms with Crippen molar-refractivity contribution < 1.29 is 4.39 Å². The molecule has 1 aromatic rings. The van der Waals surface area contributed by atoms with E-state index < -0.39 is 0 Å². The monoisotopic (exact) mass is 274 g/mol. The number of nitrogens with zero attached hydrogens (tertiary/aromatic N) is 1. The Morgan fingerprint density at radius 2 is 2.29 bits per heavy atom. The van der Waals surface area contributed by atoms with Crippen molar-refractivity contribution in [3.63, 3.8) is 0 Å². The van der Waals surface area contributed by atoms with Gasteiger partial charge in [-0.05, 0) is 25.5 Å². The summed E-state index contributed by atoms with van der Waals surface area (Å²) in [6, 6.07) is 4.84. The van der Waals surface area contributed by atoms with Gasteiger partial charge in [-0.25, -0.2) is 4.39 Å². The van der Waals surface area contributed by atoms with E-state index in [2.05, 4.69) is 4.99 Å². The highest BCUT2D eigenvalue weighted by Gasteiger charge is 2.08. The third-order valence-electron chi connectivity index (χ3n) is 2.36. The summed E-state index contributed by atoms with van der Waals surface area (Å²) in [6.07, 6.45) is 0.932. The molecule has 1 atom stereocenters. The molecule has 0 spiro atoms. The van der Waals surface area contributed by atoms with Gasteiger partial charge in [-0.2, -0.15) is 0 Å². The highest BCUT2D eigenvalue weighted by Crippen LogP contribution is 2.23. The molecule has 2 nitrogen and oxygen atoms in total. The number of benzene rings is 1. The third-order valence-corrected chi connectivity index (χ3v) is 3.55. The number of nitrogens with two attached hydrogens (primary N) is 1. The second kappa shape index (κ2) is 6.87. The number of halogens is 2. The molecule has 5 heteroatoms. The molecule has 0 saturated carbocycles. The van der Waals surface area contributed by atoms with Gasteiger partial charge in [-0.15, -0.1) is 0 Å². The number of thioether (sulfide) groups is 1. The van der Waals surface area contributed by atoms with Gasteiger partial charge in [0.2, 0.25) is 0 Å². The lowest BCUT2D eigenvalue weighted by Crippen LogP contribution is -2.11. The summed E-state index contributed by atoms with van der Waals surface area (Å²) in [5.74, 6) is 0.0958. The van der Waals surface area contributed by atoms with Gasteiger partial charge < -0.3 is 5.73 Å². The van der Waals surface area contributed by atoms with Gasteiger partial charge in [0, 0.05) is 22.4 Å².